The molecule has 0 aliphatic carbocycles. The Morgan fingerprint density at radius 3 is 2.38 bits per heavy atom. The van der Waals surface area contributed by atoms with Crippen LogP contribution in [-0.2, 0) is 9.88 Å². The summed E-state index contributed by atoms with van der Waals surface area (Å²) in [6.07, 6.45) is -1.11. The summed E-state index contributed by atoms with van der Waals surface area (Å²) in [6.45, 7) is 4.17. The first-order chi connectivity index (χ1) is 5.93. The van der Waals surface area contributed by atoms with Gasteiger partial charge in [0.1, 0.15) is 0 Å². The highest BCUT2D eigenvalue weighted by molar-refractivity contribution is 4.96. The van der Waals surface area contributed by atoms with Crippen LogP contribution in [0.3, 0.4) is 0 Å². The Hall–Kier alpha value is -1.70. The van der Waals surface area contributed by atoms with Crippen LogP contribution < -0.4 is 0 Å². The van der Waals surface area contributed by atoms with Crippen LogP contribution in [0.25, 0.3) is 0 Å². The Morgan fingerprint density at radius 2 is 2.08 bits per heavy atom. The average Bonchev–Trinajstić information content (AvgIpc) is 1.96. The van der Waals surface area contributed by atoms with E-state index in [0.29, 0.717) is 0 Å². The van der Waals surface area contributed by atoms with E-state index >= 15 is 0 Å². The quantitative estimate of drug-likeness (QED) is 0.260. The summed E-state index contributed by atoms with van der Waals surface area (Å²) < 4.78 is 0. The van der Waals surface area contributed by atoms with Crippen LogP contribution in [0.2, 0.25) is 0 Å². The molecule has 0 N–H and O–H groups in total. The molecule has 0 saturated heterocycles. The van der Waals surface area contributed by atoms with Gasteiger partial charge in [-0.15, -0.1) is 15.1 Å². The normalized spacial score (nSPS) is 11.8. The van der Waals surface area contributed by atoms with E-state index in [0.717, 1.165) is 0 Å². The fourth-order valence-corrected chi connectivity index (χ4v) is 0.491. The Kier molecular flexibility index (Phi) is 4.38. The van der Waals surface area contributed by atoms with Gasteiger partial charge in [-0.05, 0) is 12.5 Å². The minimum Gasteiger partial charge on any atom is -0.264 e. The van der Waals surface area contributed by atoms with Gasteiger partial charge in [-0.1, -0.05) is 6.58 Å². The summed E-state index contributed by atoms with van der Waals surface area (Å²) in [5.74, 6) is 0. The van der Waals surface area contributed by atoms with Crippen molar-refractivity contribution in [3.8, 4) is 0 Å². The predicted octanol–water partition coefficient (Wildman–Crippen LogP) is 0.348. The number of nitrogens with zero attached hydrogens (tertiary/aromatic N) is 2. The maximum Gasteiger partial charge on any atom is 0.322 e. The second kappa shape index (κ2) is 5.04. The van der Waals surface area contributed by atoms with Crippen LogP contribution in [0.5, 0.6) is 0 Å². The summed E-state index contributed by atoms with van der Waals surface area (Å²) >= 11 is 0. The molecular formula is C5H8N2O6. The van der Waals surface area contributed by atoms with E-state index in [1.54, 1.807) is 0 Å². The van der Waals surface area contributed by atoms with E-state index < -0.39 is 22.7 Å². The first kappa shape index (κ1) is 11.3. The molecule has 1 unspecified atom stereocenters. The Labute approximate surface area is 72.9 Å². The van der Waals surface area contributed by atoms with Gasteiger partial charge >= 0.3 is 5.09 Å². The van der Waals surface area contributed by atoms with Crippen molar-refractivity contribution >= 4 is 0 Å². The molecule has 0 bridgehead atoms. The smallest absolute Gasteiger partial charge is 0.264 e. The molecule has 1 atom stereocenters. The molecule has 8 heteroatoms. The summed E-state index contributed by atoms with van der Waals surface area (Å²) in [6, 6.07) is 0. The SMILES string of the molecule is C=C(C)C(C[N+](=O)[O-])OO[N+](=O)[O-]. The fourth-order valence-electron chi connectivity index (χ4n) is 0.491. The van der Waals surface area contributed by atoms with Crippen molar-refractivity contribution in [1.82, 2.24) is 0 Å². The summed E-state index contributed by atoms with van der Waals surface area (Å²) in [5.41, 5.74) is 0.276. The van der Waals surface area contributed by atoms with E-state index in [-0.39, 0.29) is 5.57 Å². The zero-order valence-electron chi connectivity index (χ0n) is 6.84. The molecule has 0 aromatic rings. The van der Waals surface area contributed by atoms with Crippen LogP contribution in [-0.4, -0.2) is 22.7 Å². The third-order valence-corrected chi connectivity index (χ3v) is 1.08. The summed E-state index contributed by atoms with van der Waals surface area (Å²) in [4.78, 5) is 26.7. The van der Waals surface area contributed by atoms with E-state index in [9.17, 15) is 20.2 Å². The maximum absolute atomic E-state index is 10.0. The third-order valence-electron chi connectivity index (χ3n) is 1.08. The molecule has 0 saturated carbocycles. The second-order valence-electron chi connectivity index (χ2n) is 2.24. The standard InChI is InChI=1S/C5H8N2O6/c1-4(2)5(3-6(8)9)12-13-7(10)11/h5H,1,3H2,2H3. The highest BCUT2D eigenvalue weighted by atomic mass is 17.3. The first-order valence-corrected chi connectivity index (χ1v) is 3.18. The molecule has 8 nitrogen and oxygen atoms in total. The molecular weight excluding hydrogens is 184 g/mol. The average molecular weight is 192 g/mol. The molecule has 0 aromatic carbocycles. The summed E-state index contributed by atoms with van der Waals surface area (Å²) in [7, 11) is 0. The van der Waals surface area contributed by atoms with Gasteiger partial charge < -0.3 is 0 Å². The topological polar surface area (TPSA) is 105 Å². The first-order valence-electron chi connectivity index (χ1n) is 3.18. The van der Waals surface area contributed by atoms with Gasteiger partial charge in [-0.25, -0.2) is 0 Å². The third kappa shape index (κ3) is 5.56. The predicted molar refractivity (Wildman–Crippen MR) is 39.6 cm³/mol. The number of nitro groups is 1. The van der Waals surface area contributed by atoms with Gasteiger partial charge in [-0.2, -0.15) is 4.89 Å². The van der Waals surface area contributed by atoms with Crippen LogP contribution in [0.4, 0.5) is 0 Å². The van der Waals surface area contributed by atoms with Crippen molar-refractivity contribution in [3.63, 3.8) is 0 Å². The van der Waals surface area contributed by atoms with Crippen LogP contribution >= 0.6 is 0 Å². The van der Waals surface area contributed by atoms with Gasteiger partial charge in [0.2, 0.25) is 6.54 Å². The number of hydrogen-bond donors (Lipinski definition) is 0. The molecule has 0 amide bonds. The Morgan fingerprint density at radius 1 is 1.54 bits per heavy atom. The minimum absolute atomic E-state index is 0.276. The van der Waals surface area contributed by atoms with Gasteiger partial charge in [0.15, 0.2) is 6.10 Å². The van der Waals surface area contributed by atoms with Crippen molar-refractivity contribution in [2.45, 2.75) is 13.0 Å². The zero-order valence-corrected chi connectivity index (χ0v) is 6.84. The fraction of sp³-hybridized carbons (Fsp3) is 0.600. The lowest BCUT2D eigenvalue weighted by Gasteiger charge is -2.09. The van der Waals surface area contributed by atoms with Crippen LogP contribution in [0, 0.1) is 20.2 Å². The van der Waals surface area contributed by atoms with Crippen LogP contribution in [0.15, 0.2) is 12.2 Å². The van der Waals surface area contributed by atoms with E-state index in [1.165, 1.54) is 6.92 Å². The molecule has 0 aliphatic rings. The molecule has 0 spiro atoms. The van der Waals surface area contributed by atoms with Crippen molar-refractivity contribution in [2.24, 2.45) is 0 Å². The van der Waals surface area contributed by atoms with Crippen molar-refractivity contribution in [3.05, 3.63) is 32.4 Å². The van der Waals surface area contributed by atoms with Crippen molar-refractivity contribution < 1.29 is 19.9 Å². The largest absolute Gasteiger partial charge is 0.322 e. The second-order valence-corrected chi connectivity index (χ2v) is 2.24. The highest BCUT2D eigenvalue weighted by Crippen LogP contribution is 2.04. The molecule has 0 radical (unpaired) electrons. The van der Waals surface area contributed by atoms with E-state index in [1.807, 2.05) is 0 Å². The molecule has 0 fully saturated rings. The maximum atomic E-state index is 10.0. The highest BCUT2D eigenvalue weighted by Gasteiger charge is 2.19. The zero-order chi connectivity index (χ0) is 10.4. The molecule has 74 valence electrons. The minimum atomic E-state index is -1.20. The molecule has 0 aromatic heterocycles. The molecule has 13 heavy (non-hydrogen) atoms. The number of rotatable bonds is 6. The van der Waals surface area contributed by atoms with E-state index in [4.69, 9.17) is 0 Å². The van der Waals surface area contributed by atoms with Gasteiger partial charge in [-0.3, -0.25) is 10.1 Å². The lowest BCUT2D eigenvalue weighted by atomic mass is 10.2. The monoisotopic (exact) mass is 192 g/mol. The van der Waals surface area contributed by atoms with Gasteiger partial charge in [0, 0.05) is 4.92 Å². The van der Waals surface area contributed by atoms with Crippen molar-refractivity contribution in [2.75, 3.05) is 6.54 Å². The van der Waals surface area contributed by atoms with Gasteiger partial charge in [0.05, 0.1) is 0 Å². The Bertz CT molecular complexity index is 227. The Balaban J connectivity index is 4.02. The molecule has 0 aliphatic heterocycles. The number of hydrogen-bond acceptors (Lipinski definition) is 6. The van der Waals surface area contributed by atoms with Gasteiger partial charge in [0.25, 0.3) is 0 Å². The molecule has 0 rings (SSSR count). The van der Waals surface area contributed by atoms with Crippen LogP contribution in [0.1, 0.15) is 6.92 Å². The summed E-state index contributed by atoms with van der Waals surface area (Å²) in [5, 5.41) is 18.5. The van der Waals surface area contributed by atoms with E-state index in [2.05, 4.69) is 16.5 Å². The molecule has 0 heterocycles. The lowest BCUT2D eigenvalue weighted by molar-refractivity contribution is -0.855. The lowest BCUT2D eigenvalue weighted by Crippen LogP contribution is -2.25. The van der Waals surface area contributed by atoms with Crippen molar-refractivity contribution in [1.29, 1.82) is 0 Å².